The van der Waals surface area contributed by atoms with Crippen LogP contribution in [-0.4, -0.2) is 32.9 Å². The van der Waals surface area contributed by atoms with E-state index in [1.807, 2.05) is 24.3 Å². The van der Waals surface area contributed by atoms with Gasteiger partial charge < -0.3 is 4.74 Å². The van der Waals surface area contributed by atoms with Crippen LogP contribution >= 0.6 is 11.6 Å². The third-order valence-electron chi connectivity index (χ3n) is 4.27. The summed E-state index contributed by atoms with van der Waals surface area (Å²) >= 11 is 5.71. The Balaban J connectivity index is 1.79. The van der Waals surface area contributed by atoms with Gasteiger partial charge in [0, 0.05) is 13.1 Å². The lowest BCUT2D eigenvalue weighted by Crippen LogP contribution is -2.28. The molecule has 2 aromatic carbocycles. The van der Waals surface area contributed by atoms with Crippen LogP contribution in [0.5, 0.6) is 5.75 Å². The monoisotopic (exact) mass is 369 g/mol. The minimum Gasteiger partial charge on any atom is -0.497 e. The maximum absolute atomic E-state index is 13.3. The van der Waals surface area contributed by atoms with Crippen LogP contribution in [0.2, 0.25) is 5.02 Å². The summed E-state index contributed by atoms with van der Waals surface area (Å²) in [5.74, 6) is 0.261. The first kappa shape index (κ1) is 17.2. The number of nitrogens with zero attached hydrogens (tertiary/aromatic N) is 1. The second-order valence-corrected chi connectivity index (χ2v) is 8.04. The first-order valence-electron chi connectivity index (χ1n) is 7.51. The molecule has 1 heterocycles. The fourth-order valence-corrected chi connectivity index (χ4v) is 4.65. The number of rotatable bonds is 4. The standard InChI is InChI=1S/C17H17ClFNO3S/c1-23-14-4-2-12(3-5-14)13-8-9-20(11-13)24(21,22)15-6-7-17(19)16(18)10-15/h2-7,10,13H,8-9,11H2,1H3/t13-/m0/s1. The van der Waals surface area contributed by atoms with Crippen molar-refractivity contribution in [1.29, 1.82) is 0 Å². The summed E-state index contributed by atoms with van der Waals surface area (Å²) in [6.07, 6.45) is 0.737. The fourth-order valence-electron chi connectivity index (χ4n) is 2.88. The van der Waals surface area contributed by atoms with Crippen molar-refractivity contribution in [3.8, 4) is 5.75 Å². The van der Waals surface area contributed by atoms with E-state index < -0.39 is 15.8 Å². The van der Waals surface area contributed by atoms with E-state index in [0.717, 1.165) is 29.9 Å². The smallest absolute Gasteiger partial charge is 0.243 e. The number of ether oxygens (including phenoxy) is 1. The molecule has 1 aliphatic heterocycles. The second kappa shape index (κ2) is 6.70. The summed E-state index contributed by atoms with van der Waals surface area (Å²) < 4.78 is 45.2. The highest BCUT2D eigenvalue weighted by Gasteiger charge is 2.33. The Kier molecular flexibility index (Phi) is 4.80. The molecule has 4 nitrogen and oxygen atoms in total. The SMILES string of the molecule is COc1ccc([C@H]2CCN(S(=O)(=O)c3ccc(F)c(Cl)c3)C2)cc1. The van der Waals surface area contributed by atoms with Gasteiger partial charge >= 0.3 is 0 Å². The van der Waals surface area contributed by atoms with Crippen LogP contribution < -0.4 is 4.74 Å². The predicted molar refractivity (Wildman–Crippen MR) is 90.5 cm³/mol. The maximum Gasteiger partial charge on any atom is 0.243 e. The van der Waals surface area contributed by atoms with Crippen LogP contribution in [0.25, 0.3) is 0 Å². The van der Waals surface area contributed by atoms with E-state index in [0.29, 0.717) is 13.1 Å². The predicted octanol–water partition coefficient (Wildman–Crippen LogP) is 3.67. The van der Waals surface area contributed by atoms with Gasteiger partial charge in [-0.3, -0.25) is 0 Å². The molecule has 0 unspecified atom stereocenters. The number of hydrogen-bond donors (Lipinski definition) is 0. The quantitative estimate of drug-likeness (QED) is 0.826. The lowest BCUT2D eigenvalue weighted by atomic mass is 9.99. The number of methoxy groups -OCH3 is 1. The molecule has 0 radical (unpaired) electrons. The zero-order valence-corrected chi connectivity index (χ0v) is 14.6. The lowest BCUT2D eigenvalue weighted by Gasteiger charge is -2.17. The highest BCUT2D eigenvalue weighted by molar-refractivity contribution is 7.89. The highest BCUT2D eigenvalue weighted by atomic mass is 35.5. The molecule has 0 aliphatic carbocycles. The lowest BCUT2D eigenvalue weighted by molar-refractivity contribution is 0.414. The molecule has 0 N–H and O–H groups in total. The zero-order valence-electron chi connectivity index (χ0n) is 13.1. The Morgan fingerprint density at radius 2 is 1.92 bits per heavy atom. The van der Waals surface area contributed by atoms with Crippen LogP contribution in [0.15, 0.2) is 47.4 Å². The van der Waals surface area contributed by atoms with Gasteiger partial charge in [-0.15, -0.1) is 0 Å². The molecule has 0 spiro atoms. The highest BCUT2D eigenvalue weighted by Crippen LogP contribution is 2.32. The number of halogens is 2. The molecule has 24 heavy (non-hydrogen) atoms. The molecule has 0 amide bonds. The topological polar surface area (TPSA) is 46.6 Å². The normalized spacial score (nSPS) is 18.7. The average Bonchev–Trinajstić information content (AvgIpc) is 3.08. The summed E-state index contributed by atoms with van der Waals surface area (Å²) in [5.41, 5.74) is 1.07. The average molecular weight is 370 g/mol. The third kappa shape index (κ3) is 3.27. The molecule has 3 rings (SSSR count). The van der Waals surface area contributed by atoms with E-state index >= 15 is 0 Å². The minimum absolute atomic E-state index is 0.0179. The number of hydrogen-bond acceptors (Lipinski definition) is 3. The summed E-state index contributed by atoms with van der Waals surface area (Å²) in [6.45, 7) is 0.817. The van der Waals surface area contributed by atoms with Gasteiger partial charge in [-0.05, 0) is 48.2 Å². The van der Waals surface area contributed by atoms with Crippen molar-refractivity contribution < 1.29 is 17.5 Å². The molecule has 0 saturated carbocycles. The van der Waals surface area contributed by atoms with Crippen molar-refractivity contribution in [2.75, 3.05) is 20.2 Å². The van der Waals surface area contributed by atoms with E-state index in [1.165, 1.54) is 10.4 Å². The largest absolute Gasteiger partial charge is 0.497 e. The Hall–Kier alpha value is -1.63. The van der Waals surface area contributed by atoms with Crippen molar-refractivity contribution in [1.82, 2.24) is 4.31 Å². The van der Waals surface area contributed by atoms with E-state index in [2.05, 4.69) is 0 Å². The van der Waals surface area contributed by atoms with Crippen molar-refractivity contribution in [2.24, 2.45) is 0 Å². The van der Waals surface area contributed by atoms with Crippen molar-refractivity contribution in [3.05, 3.63) is 58.9 Å². The van der Waals surface area contributed by atoms with Gasteiger partial charge in [0.05, 0.1) is 17.0 Å². The van der Waals surface area contributed by atoms with Crippen molar-refractivity contribution in [3.63, 3.8) is 0 Å². The molecule has 0 bridgehead atoms. The molecule has 128 valence electrons. The maximum atomic E-state index is 13.3. The van der Waals surface area contributed by atoms with Crippen LogP contribution in [0.4, 0.5) is 4.39 Å². The first-order chi connectivity index (χ1) is 11.4. The zero-order chi connectivity index (χ0) is 17.3. The molecule has 1 fully saturated rings. The molecule has 1 atom stereocenters. The van der Waals surface area contributed by atoms with Gasteiger partial charge in [0.1, 0.15) is 11.6 Å². The van der Waals surface area contributed by atoms with Gasteiger partial charge in [-0.1, -0.05) is 23.7 Å². The Bertz CT molecular complexity index is 839. The molecule has 1 saturated heterocycles. The minimum atomic E-state index is -3.67. The summed E-state index contributed by atoms with van der Waals surface area (Å²) in [5, 5.41) is -0.193. The van der Waals surface area contributed by atoms with Gasteiger partial charge in [0.25, 0.3) is 0 Å². The molecule has 2 aromatic rings. The molecular weight excluding hydrogens is 353 g/mol. The summed E-state index contributed by atoms with van der Waals surface area (Å²) in [6, 6.07) is 11.1. The summed E-state index contributed by atoms with van der Waals surface area (Å²) in [4.78, 5) is 0.0179. The Morgan fingerprint density at radius 1 is 1.21 bits per heavy atom. The van der Waals surface area contributed by atoms with Crippen molar-refractivity contribution >= 4 is 21.6 Å². The van der Waals surface area contributed by atoms with E-state index in [4.69, 9.17) is 16.3 Å². The summed E-state index contributed by atoms with van der Waals surface area (Å²) in [7, 11) is -2.07. The van der Waals surface area contributed by atoms with Gasteiger partial charge in [-0.2, -0.15) is 4.31 Å². The van der Waals surface area contributed by atoms with Crippen LogP contribution in [0, 0.1) is 5.82 Å². The van der Waals surface area contributed by atoms with Gasteiger partial charge in [0.2, 0.25) is 10.0 Å². The number of sulfonamides is 1. The number of benzene rings is 2. The first-order valence-corrected chi connectivity index (χ1v) is 9.33. The Labute approximate surface area is 145 Å². The Morgan fingerprint density at radius 3 is 2.54 bits per heavy atom. The van der Waals surface area contributed by atoms with E-state index in [-0.39, 0.29) is 15.8 Å². The van der Waals surface area contributed by atoms with Crippen molar-refractivity contribution in [2.45, 2.75) is 17.2 Å². The fraction of sp³-hybridized carbons (Fsp3) is 0.294. The molecular formula is C17H17ClFNO3S. The van der Waals surface area contributed by atoms with E-state index in [1.54, 1.807) is 7.11 Å². The molecule has 0 aromatic heterocycles. The van der Waals surface area contributed by atoms with Crippen LogP contribution in [-0.2, 0) is 10.0 Å². The molecule has 1 aliphatic rings. The third-order valence-corrected chi connectivity index (χ3v) is 6.42. The van der Waals surface area contributed by atoms with Gasteiger partial charge in [0.15, 0.2) is 0 Å². The van der Waals surface area contributed by atoms with Crippen LogP contribution in [0.3, 0.4) is 0 Å². The second-order valence-electron chi connectivity index (χ2n) is 5.70. The van der Waals surface area contributed by atoms with Gasteiger partial charge in [-0.25, -0.2) is 12.8 Å². The van der Waals surface area contributed by atoms with E-state index in [9.17, 15) is 12.8 Å². The van der Waals surface area contributed by atoms with Crippen LogP contribution in [0.1, 0.15) is 17.9 Å². The molecule has 7 heteroatoms.